The van der Waals surface area contributed by atoms with Crippen molar-refractivity contribution in [3.63, 3.8) is 0 Å². The summed E-state index contributed by atoms with van der Waals surface area (Å²) in [6.07, 6.45) is 3.72. The summed E-state index contributed by atoms with van der Waals surface area (Å²) in [5, 5.41) is 3.59. The molecule has 2 atom stereocenters. The molecule has 2 bridgehead atoms. The third kappa shape index (κ3) is 3.61. The normalized spacial score (nSPS) is 29.3. The van der Waals surface area contributed by atoms with Crippen LogP contribution in [0.25, 0.3) is 0 Å². The van der Waals surface area contributed by atoms with Gasteiger partial charge in [0.1, 0.15) is 0 Å². The molecule has 0 spiro atoms. The number of ether oxygens (including phenoxy) is 1. The van der Waals surface area contributed by atoms with Crippen molar-refractivity contribution in [2.24, 2.45) is 0 Å². The van der Waals surface area contributed by atoms with E-state index in [0.717, 1.165) is 19.5 Å². The SMILES string of the molecule is CCOC(=O)CN1CCC2CCC(C1)N2.Cl. The molecule has 0 amide bonds. The molecule has 2 aliphatic rings. The number of hydrogen-bond donors (Lipinski definition) is 1. The standard InChI is InChI=1S/C11H20N2O2.ClH/c1-2-15-11(14)8-13-6-5-9-3-4-10(7-13)12-9;/h9-10,12H,2-8H2,1H3;1H. The minimum absolute atomic E-state index is 0. The van der Waals surface area contributed by atoms with Crippen LogP contribution in [0.15, 0.2) is 0 Å². The quantitative estimate of drug-likeness (QED) is 0.751. The van der Waals surface area contributed by atoms with Crippen molar-refractivity contribution in [3.05, 3.63) is 0 Å². The minimum Gasteiger partial charge on any atom is -0.465 e. The maximum Gasteiger partial charge on any atom is 0.320 e. The van der Waals surface area contributed by atoms with Crippen LogP contribution in [0.3, 0.4) is 0 Å². The smallest absolute Gasteiger partial charge is 0.320 e. The van der Waals surface area contributed by atoms with E-state index in [4.69, 9.17) is 4.74 Å². The van der Waals surface area contributed by atoms with Crippen molar-refractivity contribution in [2.75, 3.05) is 26.2 Å². The van der Waals surface area contributed by atoms with E-state index in [1.165, 1.54) is 12.8 Å². The van der Waals surface area contributed by atoms with Crippen LogP contribution in [0.4, 0.5) is 0 Å². The molecule has 0 aromatic heterocycles. The third-order valence-electron chi connectivity index (χ3n) is 3.27. The van der Waals surface area contributed by atoms with Crippen LogP contribution in [-0.4, -0.2) is 49.2 Å². The Morgan fingerprint density at radius 1 is 1.38 bits per heavy atom. The number of carbonyl (C=O) groups excluding carboxylic acids is 1. The highest BCUT2D eigenvalue weighted by Gasteiger charge is 2.29. The van der Waals surface area contributed by atoms with E-state index in [-0.39, 0.29) is 18.4 Å². The van der Waals surface area contributed by atoms with Crippen molar-refractivity contribution in [2.45, 2.75) is 38.3 Å². The summed E-state index contributed by atoms with van der Waals surface area (Å²) in [6.45, 7) is 4.81. The fraction of sp³-hybridized carbons (Fsp3) is 0.909. The highest BCUT2D eigenvalue weighted by molar-refractivity contribution is 5.85. The first-order valence-electron chi connectivity index (χ1n) is 5.92. The van der Waals surface area contributed by atoms with Crippen LogP contribution in [-0.2, 0) is 9.53 Å². The van der Waals surface area contributed by atoms with E-state index in [1.807, 2.05) is 6.92 Å². The Labute approximate surface area is 103 Å². The fourth-order valence-corrected chi connectivity index (χ4v) is 2.55. The second kappa shape index (κ2) is 6.42. The van der Waals surface area contributed by atoms with Gasteiger partial charge in [-0.05, 0) is 26.2 Å². The molecule has 2 saturated heterocycles. The molecule has 2 heterocycles. The van der Waals surface area contributed by atoms with Crippen LogP contribution in [0.5, 0.6) is 0 Å². The third-order valence-corrected chi connectivity index (χ3v) is 3.27. The molecule has 2 unspecified atom stereocenters. The van der Waals surface area contributed by atoms with Gasteiger partial charge in [0.25, 0.3) is 0 Å². The topological polar surface area (TPSA) is 41.6 Å². The van der Waals surface area contributed by atoms with Gasteiger partial charge in [0.2, 0.25) is 0 Å². The molecule has 0 aromatic rings. The predicted octanol–water partition coefficient (Wildman–Crippen LogP) is 0.798. The lowest BCUT2D eigenvalue weighted by molar-refractivity contribution is -0.144. The van der Waals surface area contributed by atoms with Crippen molar-refractivity contribution in [3.8, 4) is 0 Å². The van der Waals surface area contributed by atoms with Gasteiger partial charge in [-0.2, -0.15) is 0 Å². The van der Waals surface area contributed by atoms with Crippen molar-refractivity contribution in [1.29, 1.82) is 0 Å². The van der Waals surface area contributed by atoms with Crippen LogP contribution in [0, 0.1) is 0 Å². The number of hydrogen-bond acceptors (Lipinski definition) is 4. The van der Waals surface area contributed by atoms with Gasteiger partial charge in [0.15, 0.2) is 0 Å². The van der Waals surface area contributed by atoms with Crippen LogP contribution in [0.2, 0.25) is 0 Å². The molecule has 16 heavy (non-hydrogen) atoms. The molecule has 0 saturated carbocycles. The zero-order chi connectivity index (χ0) is 10.7. The van der Waals surface area contributed by atoms with Gasteiger partial charge < -0.3 is 10.1 Å². The van der Waals surface area contributed by atoms with Crippen LogP contribution >= 0.6 is 12.4 Å². The molecule has 5 heteroatoms. The number of halogens is 1. The summed E-state index contributed by atoms with van der Waals surface area (Å²) >= 11 is 0. The van der Waals surface area contributed by atoms with Crippen LogP contribution in [0.1, 0.15) is 26.2 Å². The minimum atomic E-state index is -0.0877. The number of fused-ring (bicyclic) bond motifs is 2. The van der Waals surface area contributed by atoms with Crippen LogP contribution < -0.4 is 5.32 Å². The molecule has 4 nitrogen and oxygen atoms in total. The lowest BCUT2D eigenvalue weighted by Gasteiger charge is -2.22. The molecule has 94 valence electrons. The molecule has 1 N–H and O–H groups in total. The molecule has 0 aromatic carbocycles. The average molecular weight is 249 g/mol. The Hall–Kier alpha value is -0.320. The average Bonchev–Trinajstić information content (AvgIpc) is 2.51. The Balaban J connectivity index is 0.00000128. The molecular formula is C11H21ClN2O2. The van der Waals surface area contributed by atoms with Crippen molar-refractivity contribution >= 4 is 18.4 Å². The number of carbonyl (C=O) groups is 1. The monoisotopic (exact) mass is 248 g/mol. The molecule has 2 rings (SSSR count). The number of likely N-dealkylation sites (tertiary alicyclic amines) is 1. The van der Waals surface area contributed by atoms with Crippen molar-refractivity contribution < 1.29 is 9.53 Å². The number of rotatable bonds is 3. The molecule has 2 aliphatic heterocycles. The number of esters is 1. The Morgan fingerprint density at radius 3 is 2.88 bits per heavy atom. The lowest BCUT2D eigenvalue weighted by Crippen LogP contribution is -2.38. The first-order valence-corrected chi connectivity index (χ1v) is 5.92. The van der Waals surface area contributed by atoms with E-state index in [9.17, 15) is 4.79 Å². The molecular weight excluding hydrogens is 228 g/mol. The highest BCUT2D eigenvalue weighted by Crippen LogP contribution is 2.20. The first-order chi connectivity index (χ1) is 7.28. The second-order valence-corrected chi connectivity index (χ2v) is 4.47. The number of nitrogens with zero attached hydrogens (tertiary/aromatic N) is 1. The maximum atomic E-state index is 11.3. The second-order valence-electron chi connectivity index (χ2n) is 4.47. The summed E-state index contributed by atoms with van der Waals surface area (Å²) < 4.78 is 4.96. The Kier molecular flexibility index (Phi) is 5.52. The number of nitrogens with one attached hydrogen (secondary N) is 1. The molecule has 2 fully saturated rings. The summed E-state index contributed by atoms with van der Waals surface area (Å²) in [6, 6.07) is 1.27. The summed E-state index contributed by atoms with van der Waals surface area (Å²) in [5.74, 6) is -0.0877. The fourth-order valence-electron chi connectivity index (χ4n) is 2.55. The maximum absolute atomic E-state index is 11.3. The Morgan fingerprint density at radius 2 is 2.12 bits per heavy atom. The van der Waals surface area contributed by atoms with Gasteiger partial charge in [0, 0.05) is 25.2 Å². The van der Waals surface area contributed by atoms with Crippen molar-refractivity contribution in [1.82, 2.24) is 10.2 Å². The summed E-state index contributed by atoms with van der Waals surface area (Å²) in [4.78, 5) is 13.6. The van der Waals surface area contributed by atoms with Gasteiger partial charge >= 0.3 is 5.97 Å². The zero-order valence-electron chi connectivity index (χ0n) is 9.78. The largest absolute Gasteiger partial charge is 0.465 e. The molecule has 0 radical (unpaired) electrons. The van der Waals surface area contributed by atoms with E-state index in [2.05, 4.69) is 10.2 Å². The highest BCUT2D eigenvalue weighted by atomic mass is 35.5. The van der Waals surface area contributed by atoms with Gasteiger partial charge in [-0.3, -0.25) is 9.69 Å². The molecule has 0 aliphatic carbocycles. The summed E-state index contributed by atoms with van der Waals surface area (Å²) in [7, 11) is 0. The van der Waals surface area contributed by atoms with E-state index in [0.29, 0.717) is 25.2 Å². The van der Waals surface area contributed by atoms with E-state index >= 15 is 0 Å². The lowest BCUT2D eigenvalue weighted by atomic mass is 10.1. The van der Waals surface area contributed by atoms with Gasteiger partial charge in [-0.15, -0.1) is 12.4 Å². The van der Waals surface area contributed by atoms with Gasteiger partial charge in [0.05, 0.1) is 13.2 Å². The van der Waals surface area contributed by atoms with E-state index in [1.54, 1.807) is 0 Å². The Bertz CT molecular complexity index is 238. The predicted molar refractivity (Wildman–Crippen MR) is 64.9 cm³/mol. The summed E-state index contributed by atoms with van der Waals surface area (Å²) in [5.41, 5.74) is 0. The van der Waals surface area contributed by atoms with Gasteiger partial charge in [-0.25, -0.2) is 0 Å². The first kappa shape index (κ1) is 13.7. The van der Waals surface area contributed by atoms with Gasteiger partial charge in [-0.1, -0.05) is 0 Å². The van der Waals surface area contributed by atoms with E-state index < -0.39 is 0 Å². The zero-order valence-corrected chi connectivity index (χ0v) is 10.6.